The van der Waals surface area contributed by atoms with Crippen LogP contribution in [0.3, 0.4) is 0 Å². The zero-order valence-corrected chi connectivity index (χ0v) is 13.6. The van der Waals surface area contributed by atoms with Crippen LogP contribution < -0.4 is 0 Å². The molecule has 0 spiro atoms. The van der Waals surface area contributed by atoms with Gasteiger partial charge in [-0.2, -0.15) is 0 Å². The van der Waals surface area contributed by atoms with E-state index in [-0.39, 0.29) is 11.3 Å². The van der Waals surface area contributed by atoms with E-state index in [0.29, 0.717) is 0 Å². The maximum atomic E-state index is 11.9. The van der Waals surface area contributed by atoms with E-state index in [4.69, 9.17) is 0 Å². The van der Waals surface area contributed by atoms with Crippen LogP contribution >= 0.6 is 11.3 Å². The van der Waals surface area contributed by atoms with Gasteiger partial charge in [0, 0.05) is 11.7 Å². The molecule has 0 fully saturated rings. The number of nitrogens with zero attached hydrogens (tertiary/aromatic N) is 1. The van der Waals surface area contributed by atoms with Crippen LogP contribution in [0.1, 0.15) is 18.0 Å². The Hall–Kier alpha value is -1.26. The van der Waals surface area contributed by atoms with E-state index in [1.165, 1.54) is 10.4 Å². The van der Waals surface area contributed by atoms with Gasteiger partial charge in [0.1, 0.15) is 5.78 Å². The van der Waals surface area contributed by atoms with Gasteiger partial charge in [-0.25, -0.2) is 0 Å². The summed E-state index contributed by atoms with van der Waals surface area (Å²) in [5.74, 6) is 0.282. The summed E-state index contributed by atoms with van der Waals surface area (Å²) < 4.78 is 0. The molecule has 2 rings (SSSR count). The third kappa shape index (κ3) is 3.19. The molecule has 0 N–H and O–H groups in total. The Morgan fingerprint density at radius 1 is 1.21 bits per heavy atom. The molecule has 0 bridgehead atoms. The first-order valence-electron chi connectivity index (χ1n) is 6.39. The summed E-state index contributed by atoms with van der Waals surface area (Å²) in [4.78, 5) is 17.2. The highest BCUT2D eigenvalue weighted by molar-refractivity contribution is 7.13. The van der Waals surface area contributed by atoms with Gasteiger partial charge in [0.15, 0.2) is 0 Å². The number of carbonyl (C=O) groups is 1. The molecular weight excluding hydrogens is 270 g/mol. The lowest BCUT2D eigenvalue weighted by Crippen LogP contribution is -2.35. The monoisotopic (exact) mass is 289 g/mol. The van der Waals surface area contributed by atoms with Gasteiger partial charge in [-0.1, -0.05) is 43.9 Å². The summed E-state index contributed by atoms with van der Waals surface area (Å²) in [6, 6.07) is 8.39. The second-order valence-electron chi connectivity index (χ2n) is 5.90. The molecule has 0 aliphatic carbocycles. The third-order valence-electron chi connectivity index (χ3n) is 3.23. The second-order valence-corrected chi connectivity index (χ2v) is 12.1. The Bertz CT molecular complexity index is 555. The van der Waals surface area contributed by atoms with Crippen LogP contribution in [0.25, 0.3) is 10.4 Å². The van der Waals surface area contributed by atoms with Gasteiger partial charge in [-0.05, 0) is 18.1 Å². The number of hydrogen-bond donors (Lipinski definition) is 0. The van der Waals surface area contributed by atoms with Crippen LogP contribution in [-0.2, 0) is 4.79 Å². The standard InChI is InChI=1S/C15H19NOSSi/c1-11(17)15(19(2,3)4)13-7-5-12(6-8-13)14-9-16-10-18-14/h5-10,15H,1-4H3/t15-/m1/s1. The number of Topliss-reactive ketones (excluding diaryl/α,β-unsaturated/α-hetero) is 1. The fourth-order valence-corrected chi connectivity index (χ4v) is 5.58. The fraction of sp³-hybridized carbons (Fsp3) is 0.333. The number of carbonyl (C=O) groups excluding carboxylic acids is 1. The molecule has 1 heterocycles. The fourth-order valence-electron chi connectivity index (χ4n) is 2.54. The predicted octanol–water partition coefficient (Wildman–Crippen LogP) is 4.36. The lowest BCUT2D eigenvalue weighted by Gasteiger charge is -2.27. The van der Waals surface area contributed by atoms with Crippen molar-refractivity contribution in [3.05, 3.63) is 41.5 Å². The number of aromatic nitrogens is 1. The molecule has 100 valence electrons. The van der Waals surface area contributed by atoms with Gasteiger partial charge >= 0.3 is 0 Å². The minimum Gasteiger partial charge on any atom is -0.300 e. The van der Waals surface area contributed by atoms with Crippen molar-refractivity contribution in [2.45, 2.75) is 32.1 Å². The van der Waals surface area contributed by atoms with Gasteiger partial charge in [-0.15, -0.1) is 11.3 Å². The van der Waals surface area contributed by atoms with Crippen molar-refractivity contribution in [3.63, 3.8) is 0 Å². The molecule has 1 atom stereocenters. The maximum Gasteiger partial charge on any atom is 0.134 e. The number of rotatable bonds is 4. The third-order valence-corrected chi connectivity index (χ3v) is 6.53. The van der Waals surface area contributed by atoms with Crippen molar-refractivity contribution in [1.82, 2.24) is 4.98 Å². The van der Waals surface area contributed by atoms with Crippen LogP contribution in [0.2, 0.25) is 19.6 Å². The average molecular weight is 289 g/mol. The summed E-state index contributed by atoms with van der Waals surface area (Å²) in [6.45, 7) is 8.45. The van der Waals surface area contributed by atoms with Crippen molar-refractivity contribution in [2.75, 3.05) is 0 Å². The van der Waals surface area contributed by atoms with E-state index < -0.39 is 8.07 Å². The minimum atomic E-state index is -1.53. The van der Waals surface area contributed by atoms with Gasteiger partial charge in [0.2, 0.25) is 0 Å². The number of benzene rings is 1. The molecule has 1 aromatic heterocycles. The Morgan fingerprint density at radius 3 is 2.26 bits per heavy atom. The molecule has 0 unspecified atom stereocenters. The Morgan fingerprint density at radius 2 is 1.84 bits per heavy atom. The van der Waals surface area contributed by atoms with E-state index in [9.17, 15) is 4.79 Å². The first-order valence-corrected chi connectivity index (χ1v) is 10.8. The summed E-state index contributed by atoms with van der Waals surface area (Å²) >= 11 is 1.63. The zero-order chi connectivity index (χ0) is 14.0. The van der Waals surface area contributed by atoms with Crippen LogP contribution in [0.5, 0.6) is 0 Å². The average Bonchev–Trinajstić information content (AvgIpc) is 2.81. The second kappa shape index (κ2) is 5.39. The van der Waals surface area contributed by atoms with E-state index in [1.54, 1.807) is 18.3 Å². The zero-order valence-electron chi connectivity index (χ0n) is 11.8. The largest absolute Gasteiger partial charge is 0.300 e. The Balaban J connectivity index is 2.34. The van der Waals surface area contributed by atoms with Crippen molar-refractivity contribution >= 4 is 25.2 Å². The summed E-state index contributed by atoms with van der Waals surface area (Å²) in [5, 5.41) is 0. The SMILES string of the molecule is CC(=O)[C@H](c1ccc(-c2cncs2)cc1)[Si](C)(C)C. The Kier molecular flexibility index (Phi) is 4.01. The van der Waals surface area contributed by atoms with Crippen LogP contribution in [-0.4, -0.2) is 18.8 Å². The smallest absolute Gasteiger partial charge is 0.134 e. The molecular formula is C15H19NOSSi. The summed E-state index contributed by atoms with van der Waals surface area (Å²) in [7, 11) is -1.53. The first-order chi connectivity index (χ1) is 8.89. The summed E-state index contributed by atoms with van der Waals surface area (Å²) in [5.41, 5.74) is 4.25. The van der Waals surface area contributed by atoms with Crippen molar-refractivity contribution in [3.8, 4) is 10.4 Å². The van der Waals surface area contributed by atoms with Gasteiger partial charge in [0.05, 0.1) is 18.5 Å². The molecule has 1 aromatic carbocycles. The molecule has 2 nitrogen and oxygen atoms in total. The predicted molar refractivity (Wildman–Crippen MR) is 84.3 cm³/mol. The lowest BCUT2D eigenvalue weighted by atomic mass is 10.1. The van der Waals surface area contributed by atoms with Gasteiger partial charge < -0.3 is 0 Å². The van der Waals surface area contributed by atoms with Crippen molar-refractivity contribution < 1.29 is 4.79 Å². The molecule has 2 aromatic rings. The number of ketones is 1. The lowest BCUT2D eigenvalue weighted by molar-refractivity contribution is -0.116. The minimum absolute atomic E-state index is 0.0861. The van der Waals surface area contributed by atoms with Crippen molar-refractivity contribution in [1.29, 1.82) is 0 Å². The van der Waals surface area contributed by atoms with E-state index >= 15 is 0 Å². The molecule has 19 heavy (non-hydrogen) atoms. The van der Waals surface area contributed by atoms with Crippen LogP contribution in [0, 0.1) is 0 Å². The molecule has 0 radical (unpaired) electrons. The summed E-state index contributed by atoms with van der Waals surface area (Å²) in [6.07, 6.45) is 1.88. The molecule has 0 aliphatic rings. The van der Waals surface area contributed by atoms with E-state index in [1.807, 2.05) is 11.7 Å². The Labute approximate surface area is 119 Å². The van der Waals surface area contributed by atoms with Crippen LogP contribution in [0.15, 0.2) is 36.0 Å². The topological polar surface area (TPSA) is 30.0 Å². The molecule has 0 aliphatic heterocycles. The molecule has 0 saturated heterocycles. The van der Waals surface area contributed by atoms with Gasteiger partial charge in [0.25, 0.3) is 0 Å². The molecule has 0 saturated carbocycles. The first kappa shape index (κ1) is 14.2. The van der Waals surface area contributed by atoms with E-state index in [0.717, 1.165) is 5.56 Å². The maximum absolute atomic E-state index is 11.9. The highest BCUT2D eigenvalue weighted by Gasteiger charge is 2.31. The quantitative estimate of drug-likeness (QED) is 0.783. The molecule has 0 amide bonds. The molecule has 4 heteroatoms. The van der Waals surface area contributed by atoms with Crippen molar-refractivity contribution in [2.24, 2.45) is 0 Å². The highest BCUT2D eigenvalue weighted by atomic mass is 32.1. The number of thiazole rings is 1. The van der Waals surface area contributed by atoms with Gasteiger partial charge in [-0.3, -0.25) is 9.78 Å². The highest BCUT2D eigenvalue weighted by Crippen LogP contribution is 2.30. The normalized spacial score (nSPS) is 13.3. The number of hydrogen-bond acceptors (Lipinski definition) is 3. The van der Waals surface area contributed by atoms with Crippen LogP contribution in [0.4, 0.5) is 0 Å². The van der Waals surface area contributed by atoms with E-state index in [2.05, 4.69) is 48.9 Å².